The summed E-state index contributed by atoms with van der Waals surface area (Å²) in [6, 6.07) is 0.744. The Bertz CT molecular complexity index is 110. The molecule has 72 valence electrons. The van der Waals surface area contributed by atoms with E-state index in [-0.39, 0.29) is 0 Å². The van der Waals surface area contributed by atoms with Gasteiger partial charge >= 0.3 is 0 Å². The molecule has 1 aliphatic rings. The molecule has 0 radical (unpaired) electrons. The van der Waals surface area contributed by atoms with Gasteiger partial charge in [-0.3, -0.25) is 0 Å². The Morgan fingerprint density at radius 2 is 1.92 bits per heavy atom. The van der Waals surface area contributed by atoms with Crippen molar-refractivity contribution < 1.29 is 0 Å². The molecule has 0 spiro atoms. The summed E-state index contributed by atoms with van der Waals surface area (Å²) in [5.74, 6) is 1.88. The molecule has 0 saturated heterocycles. The molecule has 1 fully saturated rings. The van der Waals surface area contributed by atoms with Crippen LogP contribution < -0.4 is 5.32 Å². The lowest BCUT2D eigenvalue weighted by atomic mass is 9.85. The number of rotatable bonds is 4. The van der Waals surface area contributed by atoms with Gasteiger partial charge in [-0.2, -0.15) is 0 Å². The Kier molecular flexibility index (Phi) is 4.07. The Balaban J connectivity index is 2.37. The second kappa shape index (κ2) is 4.86. The third-order valence-corrected chi connectivity index (χ3v) is 3.59. The van der Waals surface area contributed by atoms with Gasteiger partial charge < -0.3 is 5.32 Å². The topological polar surface area (TPSA) is 12.0 Å². The van der Waals surface area contributed by atoms with Gasteiger partial charge in [0.15, 0.2) is 0 Å². The van der Waals surface area contributed by atoms with Crippen LogP contribution in [0.3, 0.4) is 0 Å². The Morgan fingerprint density at radius 3 is 2.33 bits per heavy atom. The summed E-state index contributed by atoms with van der Waals surface area (Å²) in [7, 11) is 2.10. The van der Waals surface area contributed by atoms with Crippen molar-refractivity contribution in [3.63, 3.8) is 0 Å². The highest BCUT2D eigenvalue weighted by atomic mass is 14.9. The molecular formula is C11H23N. The third kappa shape index (κ3) is 2.22. The first-order chi connectivity index (χ1) is 5.79. The van der Waals surface area contributed by atoms with Crippen molar-refractivity contribution in [2.45, 2.75) is 52.0 Å². The molecule has 0 aromatic carbocycles. The zero-order chi connectivity index (χ0) is 8.97. The summed E-state index contributed by atoms with van der Waals surface area (Å²) in [6.45, 7) is 4.70. The van der Waals surface area contributed by atoms with Crippen molar-refractivity contribution in [3.8, 4) is 0 Å². The predicted octanol–water partition coefficient (Wildman–Crippen LogP) is 2.81. The first kappa shape index (κ1) is 10.0. The molecule has 1 rings (SSSR count). The minimum Gasteiger partial charge on any atom is -0.317 e. The third-order valence-electron chi connectivity index (χ3n) is 3.59. The van der Waals surface area contributed by atoms with E-state index in [1.165, 1.54) is 32.1 Å². The highest BCUT2D eigenvalue weighted by molar-refractivity contribution is 4.80. The van der Waals surface area contributed by atoms with Crippen molar-refractivity contribution in [1.29, 1.82) is 0 Å². The first-order valence-corrected chi connectivity index (χ1v) is 5.46. The van der Waals surface area contributed by atoms with Gasteiger partial charge in [0.1, 0.15) is 0 Å². The summed E-state index contributed by atoms with van der Waals surface area (Å²) in [5, 5.41) is 3.43. The quantitative estimate of drug-likeness (QED) is 0.682. The van der Waals surface area contributed by atoms with Crippen molar-refractivity contribution >= 4 is 0 Å². The number of nitrogens with one attached hydrogen (secondary N) is 1. The minimum atomic E-state index is 0.744. The smallest absolute Gasteiger partial charge is 0.00897 e. The standard InChI is InChI=1S/C11H23N/c1-4-11(12-3)9(2)10-7-5-6-8-10/h9-12H,4-8H2,1-3H3. The molecule has 1 aliphatic carbocycles. The average Bonchev–Trinajstić information content (AvgIpc) is 2.58. The largest absolute Gasteiger partial charge is 0.317 e. The van der Waals surface area contributed by atoms with Crippen LogP contribution in [-0.4, -0.2) is 13.1 Å². The van der Waals surface area contributed by atoms with Crippen LogP contribution in [0.1, 0.15) is 46.0 Å². The molecule has 0 aromatic rings. The highest BCUT2D eigenvalue weighted by Crippen LogP contribution is 2.33. The molecule has 0 aliphatic heterocycles. The molecule has 0 bridgehead atoms. The van der Waals surface area contributed by atoms with Gasteiger partial charge in [-0.25, -0.2) is 0 Å². The van der Waals surface area contributed by atoms with Gasteiger partial charge in [0.05, 0.1) is 0 Å². The molecule has 0 amide bonds. The monoisotopic (exact) mass is 169 g/mol. The molecule has 2 unspecified atom stereocenters. The van der Waals surface area contributed by atoms with Gasteiger partial charge in [0.25, 0.3) is 0 Å². The lowest BCUT2D eigenvalue weighted by Gasteiger charge is -2.27. The van der Waals surface area contributed by atoms with E-state index in [4.69, 9.17) is 0 Å². The molecule has 2 atom stereocenters. The summed E-state index contributed by atoms with van der Waals surface area (Å²) < 4.78 is 0. The van der Waals surface area contributed by atoms with Gasteiger partial charge in [0, 0.05) is 6.04 Å². The maximum Gasteiger partial charge on any atom is 0.00897 e. The Hall–Kier alpha value is -0.0400. The number of hydrogen-bond acceptors (Lipinski definition) is 1. The van der Waals surface area contributed by atoms with Gasteiger partial charge in [-0.15, -0.1) is 0 Å². The zero-order valence-electron chi connectivity index (χ0n) is 8.77. The summed E-state index contributed by atoms with van der Waals surface area (Å²) >= 11 is 0. The van der Waals surface area contributed by atoms with Gasteiger partial charge in [-0.1, -0.05) is 39.5 Å². The van der Waals surface area contributed by atoms with Crippen LogP contribution in [0.4, 0.5) is 0 Å². The maximum atomic E-state index is 3.43. The van der Waals surface area contributed by atoms with Crippen LogP contribution >= 0.6 is 0 Å². The van der Waals surface area contributed by atoms with E-state index in [9.17, 15) is 0 Å². The summed E-state index contributed by atoms with van der Waals surface area (Å²) in [5.41, 5.74) is 0. The Labute approximate surface area is 76.9 Å². The fourth-order valence-corrected chi connectivity index (χ4v) is 2.65. The SMILES string of the molecule is CCC(NC)C(C)C1CCCC1. The fraction of sp³-hybridized carbons (Fsp3) is 1.00. The van der Waals surface area contributed by atoms with Crippen LogP contribution in [0.2, 0.25) is 0 Å². The van der Waals surface area contributed by atoms with Crippen LogP contribution in [0, 0.1) is 11.8 Å². The van der Waals surface area contributed by atoms with Gasteiger partial charge in [0.2, 0.25) is 0 Å². The fourth-order valence-electron chi connectivity index (χ4n) is 2.65. The Morgan fingerprint density at radius 1 is 1.33 bits per heavy atom. The van der Waals surface area contributed by atoms with E-state index >= 15 is 0 Å². The lowest BCUT2D eigenvalue weighted by Crippen LogP contribution is -2.34. The van der Waals surface area contributed by atoms with Crippen LogP contribution in [0.15, 0.2) is 0 Å². The molecular weight excluding hydrogens is 146 g/mol. The van der Waals surface area contributed by atoms with E-state index in [1.54, 1.807) is 0 Å². The van der Waals surface area contributed by atoms with E-state index in [0.717, 1.165) is 17.9 Å². The molecule has 1 saturated carbocycles. The van der Waals surface area contributed by atoms with Gasteiger partial charge in [-0.05, 0) is 25.3 Å². The van der Waals surface area contributed by atoms with E-state index < -0.39 is 0 Å². The maximum absolute atomic E-state index is 3.43. The zero-order valence-corrected chi connectivity index (χ0v) is 8.77. The second-order valence-electron chi connectivity index (χ2n) is 4.21. The van der Waals surface area contributed by atoms with Crippen LogP contribution in [-0.2, 0) is 0 Å². The summed E-state index contributed by atoms with van der Waals surface area (Å²) in [6.07, 6.45) is 7.15. The first-order valence-electron chi connectivity index (χ1n) is 5.46. The minimum absolute atomic E-state index is 0.744. The van der Waals surface area contributed by atoms with E-state index in [1.807, 2.05) is 0 Å². The molecule has 0 aromatic heterocycles. The van der Waals surface area contributed by atoms with Crippen molar-refractivity contribution in [2.24, 2.45) is 11.8 Å². The lowest BCUT2D eigenvalue weighted by molar-refractivity contribution is 0.275. The summed E-state index contributed by atoms with van der Waals surface area (Å²) in [4.78, 5) is 0. The molecule has 12 heavy (non-hydrogen) atoms. The molecule has 1 nitrogen and oxygen atoms in total. The van der Waals surface area contributed by atoms with E-state index in [0.29, 0.717) is 0 Å². The highest BCUT2D eigenvalue weighted by Gasteiger charge is 2.25. The predicted molar refractivity (Wildman–Crippen MR) is 54.3 cm³/mol. The molecule has 1 heteroatoms. The van der Waals surface area contributed by atoms with E-state index in [2.05, 4.69) is 26.2 Å². The van der Waals surface area contributed by atoms with Crippen molar-refractivity contribution in [2.75, 3.05) is 7.05 Å². The van der Waals surface area contributed by atoms with Crippen molar-refractivity contribution in [3.05, 3.63) is 0 Å². The van der Waals surface area contributed by atoms with Crippen LogP contribution in [0.25, 0.3) is 0 Å². The van der Waals surface area contributed by atoms with Crippen LogP contribution in [0.5, 0.6) is 0 Å². The normalized spacial score (nSPS) is 24.2. The molecule has 0 heterocycles. The average molecular weight is 169 g/mol. The van der Waals surface area contributed by atoms with Crippen molar-refractivity contribution in [1.82, 2.24) is 5.32 Å². The number of hydrogen-bond donors (Lipinski definition) is 1. The molecule has 1 N–H and O–H groups in total. The second-order valence-corrected chi connectivity index (χ2v) is 4.21.